The van der Waals surface area contributed by atoms with Crippen LogP contribution in [0.5, 0.6) is 0 Å². The summed E-state index contributed by atoms with van der Waals surface area (Å²) in [7, 11) is 0. The fourth-order valence-corrected chi connectivity index (χ4v) is 2.63. The molecule has 2 rings (SSSR count). The van der Waals surface area contributed by atoms with E-state index in [0.29, 0.717) is 0 Å². The molecule has 0 spiro atoms. The van der Waals surface area contributed by atoms with E-state index in [1.165, 1.54) is 11.8 Å². The third-order valence-electron chi connectivity index (χ3n) is 2.27. The van der Waals surface area contributed by atoms with Crippen LogP contribution < -0.4 is 0 Å². The van der Waals surface area contributed by atoms with Gasteiger partial charge in [0.25, 0.3) is 0 Å². The number of aliphatic carboxylic acids is 1. The number of benzene rings is 1. The predicted octanol–water partition coefficient (Wildman–Crippen LogP) is 2.65. The summed E-state index contributed by atoms with van der Waals surface area (Å²) in [5.41, 5.74) is 3.08. The Morgan fingerprint density at radius 2 is 2.27 bits per heavy atom. The Morgan fingerprint density at radius 3 is 3.00 bits per heavy atom. The summed E-state index contributed by atoms with van der Waals surface area (Å²) >= 11 is 1.41. The van der Waals surface area contributed by atoms with Crippen LogP contribution in [0, 0.1) is 0 Å². The van der Waals surface area contributed by atoms with Crippen LogP contribution in [0.1, 0.15) is 17.7 Å². The SMILES string of the molecule is CC1=Nc2ccccc2C1SCC(=O)O. The average molecular weight is 221 g/mol. The van der Waals surface area contributed by atoms with Crippen molar-refractivity contribution in [3.05, 3.63) is 29.8 Å². The van der Waals surface area contributed by atoms with Crippen molar-refractivity contribution in [3.63, 3.8) is 0 Å². The lowest BCUT2D eigenvalue weighted by atomic mass is 10.1. The van der Waals surface area contributed by atoms with Crippen molar-refractivity contribution in [3.8, 4) is 0 Å². The maximum atomic E-state index is 10.5. The van der Waals surface area contributed by atoms with Crippen LogP contribution in [-0.4, -0.2) is 22.5 Å². The van der Waals surface area contributed by atoms with Gasteiger partial charge in [0.15, 0.2) is 0 Å². The third-order valence-corrected chi connectivity index (χ3v) is 3.61. The summed E-state index contributed by atoms with van der Waals surface area (Å²) in [4.78, 5) is 14.9. The number of fused-ring (bicyclic) bond motifs is 1. The number of hydrogen-bond donors (Lipinski definition) is 1. The van der Waals surface area contributed by atoms with E-state index < -0.39 is 5.97 Å². The number of carbonyl (C=O) groups is 1. The molecule has 4 heteroatoms. The molecule has 1 aliphatic rings. The van der Waals surface area contributed by atoms with Crippen LogP contribution in [-0.2, 0) is 4.79 Å². The molecule has 0 radical (unpaired) electrons. The maximum absolute atomic E-state index is 10.5. The van der Waals surface area contributed by atoms with E-state index in [4.69, 9.17) is 5.11 Å². The highest BCUT2D eigenvalue weighted by Crippen LogP contribution is 2.41. The van der Waals surface area contributed by atoms with Gasteiger partial charge in [-0.15, -0.1) is 11.8 Å². The zero-order chi connectivity index (χ0) is 10.8. The van der Waals surface area contributed by atoms with Gasteiger partial charge in [0.1, 0.15) is 0 Å². The molecule has 1 aromatic rings. The quantitative estimate of drug-likeness (QED) is 0.853. The zero-order valence-corrected chi connectivity index (χ0v) is 9.12. The van der Waals surface area contributed by atoms with Gasteiger partial charge in [0, 0.05) is 5.71 Å². The van der Waals surface area contributed by atoms with Gasteiger partial charge >= 0.3 is 5.97 Å². The molecule has 0 fully saturated rings. The normalized spacial score (nSPS) is 18.5. The van der Waals surface area contributed by atoms with Crippen LogP contribution in [0.3, 0.4) is 0 Å². The Labute approximate surface area is 92.2 Å². The van der Waals surface area contributed by atoms with Crippen LogP contribution >= 0.6 is 11.8 Å². The minimum absolute atomic E-state index is 0.109. The van der Waals surface area contributed by atoms with Crippen molar-refractivity contribution < 1.29 is 9.90 Å². The molecule has 1 aromatic carbocycles. The van der Waals surface area contributed by atoms with Gasteiger partial charge in [-0.1, -0.05) is 18.2 Å². The number of carboxylic acid groups (broad SMARTS) is 1. The Hall–Kier alpha value is -1.29. The summed E-state index contributed by atoms with van der Waals surface area (Å²) in [6.07, 6.45) is 0. The van der Waals surface area contributed by atoms with Crippen LogP contribution in [0.25, 0.3) is 0 Å². The molecule has 0 aromatic heterocycles. The lowest BCUT2D eigenvalue weighted by molar-refractivity contribution is -0.133. The first-order valence-corrected chi connectivity index (χ1v) is 5.71. The van der Waals surface area contributed by atoms with Gasteiger partial charge in [0.2, 0.25) is 0 Å². The highest BCUT2D eigenvalue weighted by molar-refractivity contribution is 8.00. The van der Waals surface area contributed by atoms with Crippen LogP contribution in [0.4, 0.5) is 5.69 Å². The van der Waals surface area contributed by atoms with Crippen molar-refractivity contribution >= 4 is 29.1 Å². The molecule has 0 amide bonds. The minimum atomic E-state index is -0.780. The smallest absolute Gasteiger partial charge is 0.313 e. The van der Waals surface area contributed by atoms with Gasteiger partial charge in [-0.25, -0.2) is 0 Å². The van der Waals surface area contributed by atoms with Crippen molar-refractivity contribution in [1.82, 2.24) is 0 Å². The van der Waals surface area contributed by atoms with Gasteiger partial charge in [-0.05, 0) is 18.6 Å². The van der Waals surface area contributed by atoms with E-state index in [0.717, 1.165) is 17.0 Å². The Balaban J connectivity index is 2.20. The lowest BCUT2D eigenvalue weighted by Gasteiger charge is -2.09. The molecule has 0 saturated carbocycles. The molecule has 15 heavy (non-hydrogen) atoms. The fraction of sp³-hybridized carbons (Fsp3) is 0.273. The van der Waals surface area contributed by atoms with Crippen molar-refractivity contribution in [2.75, 3.05) is 5.75 Å². The molecule has 1 atom stereocenters. The molecular weight excluding hydrogens is 210 g/mol. The number of para-hydroxylation sites is 1. The number of hydrogen-bond acceptors (Lipinski definition) is 3. The number of rotatable bonds is 3. The van der Waals surface area contributed by atoms with Crippen LogP contribution in [0.2, 0.25) is 0 Å². The molecule has 78 valence electrons. The standard InChI is InChI=1S/C11H11NO2S/c1-7-11(15-6-10(13)14)8-4-2-3-5-9(8)12-7/h2-5,11H,6H2,1H3,(H,13,14). The largest absolute Gasteiger partial charge is 0.481 e. The van der Waals surface area contributed by atoms with E-state index in [1.807, 2.05) is 31.2 Å². The summed E-state index contributed by atoms with van der Waals surface area (Å²) in [6.45, 7) is 1.94. The Kier molecular flexibility index (Phi) is 2.77. The summed E-state index contributed by atoms with van der Waals surface area (Å²) in [5.74, 6) is -0.663. The molecule has 0 saturated heterocycles. The van der Waals surface area contributed by atoms with Gasteiger partial charge in [-0.3, -0.25) is 9.79 Å². The highest BCUT2D eigenvalue weighted by atomic mass is 32.2. The highest BCUT2D eigenvalue weighted by Gasteiger charge is 2.24. The number of aliphatic imine (C=N–C) groups is 1. The van der Waals surface area contributed by atoms with E-state index >= 15 is 0 Å². The van der Waals surface area contributed by atoms with Crippen molar-refractivity contribution in [2.24, 2.45) is 4.99 Å². The minimum Gasteiger partial charge on any atom is -0.481 e. The first kappa shape index (κ1) is 10.2. The number of nitrogens with zero attached hydrogens (tertiary/aromatic N) is 1. The second-order valence-electron chi connectivity index (χ2n) is 3.40. The zero-order valence-electron chi connectivity index (χ0n) is 8.30. The van der Waals surface area contributed by atoms with E-state index in [1.54, 1.807) is 0 Å². The van der Waals surface area contributed by atoms with E-state index in [2.05, 4.69) is 4.99 Å². The summed E-state index contributed by atoms with van der Waals surface area (Å²) in [6, 6.07) is 7.87. The van der Waals surface area contributed by atoms with Crippen LogP contribution in [0.15, 0.2) is 29.3 Å². The summed E-state index contributed by atoms with van der Waals surface area (Å²) in [5, 5.41) is 8.76. The van der Waals surface area contributed by atoms with Crippen molar-refractivity contribution in [1.29, 1.82) is 0 Å². The van der Waals surface area contributed by atoms with Gasteiger partial charge in [-0.2, -0.15) is 0 Å². The fourth-order valence-electron chi connectivity index (χ4n) is 1.65. The average Bonchev–Trinajstić information content (AvgIpc) is 2.50. The lowest BCUT2D eigenvalue weighted by Crippen LogP contribution is -2.05. The second-order valence-corrected chi connectivity index (χ2v) is 4.49. The molecular formula is C11H11NO2S. The molecule has 0 aliphatic carbocycles. The predicted molar refractivity (Wildman–Crippen MR) is 62.0 cm³/mol. The molecule has 0 bridgehead atoms. The first-order valence-electron chi connectivity index (χ1n) is 4.66. The van der Waals surface area contributed by atoms with Gasteiger partial charge in [0.05, 0.1) is 16.7 Å². The number of carboxylic acids is 1. The van der Waals surface area contributed by atoms with E-state index in [9.17, 15) is 4.79 Å². The molecule has 1 unspecified atom stereocenters. The van der Waals surface area contributed by atoms with Crippen molar-refractivity contribution in [2.45, 2.75) is 12.2 Å². The molecule has 1 heterocycles. The Bertz CT molecular complexity index is 428. The molecule has 1 N–H and O–H groups in total. The van der Waals surface area contributed by atoms with E-state index in [-0.39, 0.29) is 11.0 Å². The maximum Gasteiger partial charge on any atom is 0.313 e. The third kappa shape index (κ3) is 2.04. The topological polar surface area (TPSA) is 49.7 Å². The molecule has 3 nitrogen and oxygen atoms in total. The first-order chi connectivity index (χ1) is 7.18. The second kappa shape index (κ2) is 4.06. The number of thioether (sulfide) groups is 1. The Morgan fingerprint density at radius 1 is 1.53 bits per heavy atom. The summed E-state index contributed by atoms with van der Waals surface area (Å²) < 4.78 is 0. The monoisotopic (exact) mass is 221 g/mol. The van der Waals surface area contributed by atoms with Gasteiger partial charge < -0.3 is 5.11 Å². The molecule has 1 aliphatic heterocycles.